The Morgan fingerprint density at radius 2 is 1.78 bits per heavy atom. The lowest BCUT2D eigenvalue weighted by atomic mass is 9.54. The van der Waals surface area contributed by atoms with Gasteiger partial charge in [0, 0.05) is 51.2 Å². The maximum atomic E-state index is 12.2. The molecular weight excluding hydrogens is 342 g/mol. The monoisotopic (exact) mass is 377 g/mol. The number of hydrogen-bond acceptors (Lipinski definition) is 3. The lowest BCUT2D eigenvalue weighted by Gasteiger charge is -2.58. The number of amides is 2. The number of nitrogens with zero attached hydrogens (tertiary/aromatic N) is 3. The van der Waals surface area contributed by atoms with E-state index >= 15 is 0 Å². The average Bonchev–Trinajstić information content (AvgIpc) is 3.04. The zero-order valence-corrected chi connectivity index (χ0v) is 16.9. The van der Waals surface area contributed by atoms with Gasteiger partial charge in [0.2, 0.25) is 5.91 Å². The molecule has 2 heterocycles. The molecule has 0 aromatic rings. The molecule has 4 rings (SSSR count). The Kier molecular flexibility index (Phi) is 5.12. The largest absolute Gasteiger partial charge is 0.465 e. The van der Waals surface area contributed by atoms with Crippen LogP contribution in [0.1, 0.15) is 65.2 Å². The van der Waals surface area contributed by atoms with Crippen molar-refractivity contribution < 1.29 is 14.7 Å². The molecule has 4 aliphatic rings. The number of hydrogen-bond donors (Lipinski definition) is 1. The van der Waals surface area contributed by atoms with Crippen molar-refractivity contribution in [2.24, 2.45) is 11.3 Å². The van der Waals surface area contributed by atoms with E-state index in [0.29, 0.717) is 30.6 Å². The zero-order chi connectivity index (χ0) is 19.2. The number of carboxylic acid groups (broad SMARTS) is 1. The summed E-state index contributed by atoms with van der Waals surface area (Å²) in [6.07, 6.45) is 8.39. The molecule has 1 spiro atoms. The molecule has 6 nitrogen and oxygen atoms in total. The summed E-state index contributed by atoms with van der Waals surface area (Å²) in [6, 6.07) is 1.53. The maximum absolute atomic E-state index is 12.2. The quantitative estimate of drug-likeness (QED) is 0.818. The van der Waals surface area contributed by atoms with Crippen molar-refractivity contribution in [1.82, 2.24) is 14.7 Å². The third-order valence-corrected chi connectivity index (χ3v) is 8.16. The molecule has 0 bridgehead atoms. The van der Waals surface area contributed by atoms with Crippen LogP contribution in [-0.2, 0) is 4.79 Å². The molecule has 0 radical (unpaired) electrons. The SMILES string of the molecule is CCC1C(N2CCC(N(C(C)=O)C3CCC3)CC2)CC12CCN(C(=O)O)C2. The summed E-state index contributed by atoms with van der Waals surface area (Å²) >= 11 is 0. The molecule has 2 amide bonds. The van der Waals surface area contributed by atoms with E-state index in [1.165, 1.54) is 19.3 Å². The van der Waals surface area contributed by atoms with Gasteiger partial charge in [-0.2, -0.15) is 0 Å². The molecule has 2 aliphatic carbocycles. The summed E-state index contributed by atoms with van der Waals surface area (Å²) in [6.45, 7) is 7.61. The standard InChI is InChI=1S/C21H35N3O3/c1-3-18-19(13-21(18)9-12-23(14-21)20(26)27)22-10-7-17(8-11-22)24(15(2)25)16-5-4-6-16/h16-19H,3-14H2,1-2H3,(H,26,27). The van der Waals surface area contributed by atoms with Crippen LogP contribution in [-0.4, -0.2) is 76.1 Å². The maximum Gasteiger partial charge on any atom is 0.407 e. The molecule has 6 heteroatoms. The van der Waals surface area contributed by atoms with E-state index in [9.17, 15) is 14.7 Å². The first-order chi connectivity index (χ1) is 12.9. The van der Waals surface area contributed by atoms with Crippen LogP contribution >= 0.6 is 0 Å². The minimum Gasteiger partial charge on any atom is -0.465 e. The highest BCUT2D eigenvalue weighted by Crippen LogP contribution is 2.56. The first kappa shape index (κ1) is 19.0. The fourth-order valence-corrected chi connectivity index (χ4v) is 6.55. The topological polar surface area (TPSA) is 64.1 Å². The number of carbonyl (C=O) groups is 2. The minimum absolute atomic E-state index is 0.228. The minimum atomic E-state index is -0.758. The molecule has 2 saturated heterocycles. The molecule has 1 N–H and O–H groups in total. The van der Waals surface area contributed by atoms with E-state index < -0.39 is 6.09 Å². The summed E-state index contributed by atoms with van der Waals surface area (Å²) in [7, 11) is 0. The molecule has 27 heavy (non-hydrogen) atoms. The van der Waals surface area contributed by atoms with Gasteiger partial charge >= 0.3 is 6.09 Å². The van der Waals surface area contributed by atoms with Gasteiger partial charge in [-0.1, -0.05) is 13.3 Å². The predicted octanol–water partition coefficient (Wildman–Crippen LogP) is 3.02. The first-order valence-corrected chi connectivity index (χ1v) is 11.0. The predicted molar refractivity (Wildman–Crippen MR) is 104 cm³/mol. The first-order valence-electron chi connectivity index (χ1n) is 11.0. The molecule has 4 fully saturated rings. The van der Waals surface area contributed by atoms with E-state index in [-0.39, 0.29) is 11.3 Å². The van der Waals surface area contributed by atoms with Crippen molar-refractivity contribution in [3.05, 3.63) is 0 Å². The second kappa shape index (κ2) is 7.26. The molecule has 0 aromatic heterocycles. The number of carbonyl (C=O) groups excluding carboxylic acids is 1. The van der Waals surface area contributed by atoms with Gasteiger partial charge in [0.15, 0.2) is 0 Å². The van der Waals surface area contributed by atoms with Crippen LogP contribution in [0.25, 0.3) is 0 Å². The summed E-state index contributed by atoms with van der Waals surface area (Å²) < 4.78 is 0. The molecule has 2 saturated carbocycles. The Morgan fingerprint density at radius 1 is 1.11 bits per heavy atom. The van der Waals surface area contributed by atoms with E-state index in [1.54, 1.807) is 11.8 Å². The average molecular weight is 378 g/mol. The Hall–Kier alpha value is -1.30. The van der Waals surface area contributed by atoms with Gasteiger partial charge in [-0.05, 0) is 56.3 Å². The van der Waals surface area contributed by atoms with E-state index in [1.807, 2.05) is 0 Å². The summed E-state index contributed by atoms with van der Waals surface area (Å²) in [5.74, 6) is 0.876. The summed E-state index contributed by atoms with van der Waals surface area (Å²) in [4.78, 5) is 30.0. The lowest BCUT2D eigenvalue weighted by Crippen LogP contribution is -2.62. The second-order valence-electron chi connectivity index (χ2n) is 9.38. The van der Waals surface area contributed by atoms with E-state index in [4.69, 9.17) is 0 Å². The van der Waals surface area contributed by atoms with Crippen LogP contribution in [0, 0.1) is 11.3 Å². The highest BCUT2D eigenvalue weighted by atomic mass is 16.4. The van der Waals surface area contributed by atoms with Crippen molar-refractivity contribution in [3.63, 3.8) is 0 Å². The number of piperidine rings is 1. The lowest BCUT2D eigenvalue weighted by molar-refractivity contribution is -0.138. The Balaban J connectivity index is 1.34. The smallest absolute Gasteiger partial charge is 0.407 e. The molecule has 3 unspecified atom stereocenters. The van der Waals surface area contributed by atoms with Crippen LogP contribution in [0.2, 0.25) is 0 Å². The fraction of sp³-hybridized carbons (Fsp3) is 0.905. The molecule has 3 atom stereocenters. The van der Waals surface area contributed by atoms with Gasteiger partial charge in [-0.15, -0.1) is 0 Å². The van der Waals surface area contributed by atoms with Crippen LogP contribution in [0.4, 0.5) is 4.79 Å². The third kappa shape index (κ3) is 3.24. The van der Waals surface area contributed by atoms with Gasteiger partial charge in [0.05, 0.1) is 0 Å². The number of rotatable bonds is 4. The van der Waals surface area contributed by atoms with Crippen LogP contribution in [0.15, 0.2) is 0 Å². The highest BCUT2D eigenvalue weighted by Gasteiger charge is 2.58. The zero-order valence-electron chi connectivity index (χ0n) is 16.9. The highest BCUT2D eigenvalue weighted by molar-refractivity contribution is 5.74. The van der Waals surface area contributed by atoms with Gasteiger partial charge in [-0.25, -0.2) is 4.79 Å². The van der Waals surface area contributed by atoms with Crippen molar-refractivity contribution in [2.75, 3.05) is 26.2 Å². The van der Waals surface area contributed by atoms with Crippen molar-refractivity contribution in [1.29, 1.82) is 0 Å². The Labute approximate surface area is 162 Å². The van der Waals surface area contributed by atoms with Crippen LogP contribution in [0.3, 0.4) is 0 Å². The van der Waals surface area contributed by atoms with Gasteiger partial charge in [0.25, 0.3) is 0 Å². The van der Waals surface area contributed by atoms with Crippen molar-refractivity contribution in [3.8, 4) is 0 Å². The molecule has 0 aromatic carbocycles. The van der Waals surface area contributed by atoms with Gasteiger partial charge in [-0.3, -0.25) is 9.69 Å². The van der Waals surface area contributed by atoms with Crippen LogP contribution < -0.4 is 0 Å². The summed E-state index contributed by atoms with van der Waals surface area (Å²) in [5.41, 5.74) is 0.228. The fourth-order valence-electron chi connectivity index (χ4n) is 6.55. The Bertz CT molecular complexity index is 585. The molecule has 152 valence electrons. The third-order valence-electron chi connectivity index (χ3n) is 8.16. The van der Waals surface area contributed by atoms with Crippen molar-refractivity contribution in [2.45, 2.75) is 83.3 Å². The van der Waals surface area contributed by atoms with Gasteiger partial charge in [0.1, 0.15) is 0 Å². The van der Waals surface area contributed by atoms with Crippen LogP contribution in [0.5, 0.6) is 0 Å². The Morgan fingerprint density at radius 3 is 2.26 bits per heavy atom. The molecule has 2 aliphatic heterocycles. The van der Waals surface area contributed by atoms with E-state index in [0.717, 1.165) is 51.7 Å². The summed E-state index contributed by atoms with van der Waals surface area (Å²) in [5, 5.41) is 9.32. The number of likely N-dealkylation sites (tertiary alicyclic amines) is 2. The van der Waals surface area contributed by atoms with E-state index in [2.05, 4.69) is 16.7 Å². The molecular formula is C21H35N3O3. The van der Waals surface area contributed by atoms with Gasteiger partial charge < -0.3 is 14.9 Å². The van der Waals surface area contributed by atoms with Crippen molar-refractivity contribution >= 4 is 12.0 Å². The second-order valence-corrected chi connectivity index (χ2v) is 9.38. The normalized spacial score (nSPS) is 35.1.